The van der Waals surface area contributed by atoms with Crippen LogP contribution in [0.15, 0.2) is 0 Å². The molecular weight excluding hydrogens is 260 g/mol. The zero-order valence-corrected chi connectivity index (χ0v) is 10.9. The molecule has 0 spiro atoms. The van der Waals surface area contributed by atoms with E-state index in [1.807, 2.05) is 0 Å². The van der Waals surface area contributed by atoms with E-state index in [2.05, 4.69) is 4.90 Å². The number of carbonyl (C=O) groups excluding carboxylic acids is 1. The van der Waals surface area contributed by atoms with E-state index in [-0.39, 0.29) is 24.6 Å². The van der Waals surface area contributed by atoms with E-state index in [0.29, 0.717) is 26.2 Å². The standard InChI is InChI=1S/C11H18N2O4.ClH/c14-9-3-1-2-8(9)12-4-6-13(7-5-12)10(15)11(16)17;/h8-9,14H,1-7H2,(H,16,17);1H. The molecule has 2 N–H and O–H groups in total. The zero-order valence-electron chi connectivity index (χ0n) is 10.1. The Morgan fingerprint density at radius 3 is 2.11 bits per heavy atom. The first kappa shape index (κ1) is 15.2. The Morgan fingerprint density at radius 1 is 1.06 bits per heavy atom. The Labute approximate surface area is 112 Å². The summed E-state index contributed by atoms with van der Waals surface area (Å²) in [4.78, 5) is 25.3. The van der Waals surface area contributed by atoms with Crippen LogP contribution in [-0.4, -0.2) is 70.2 Å². The van der Waals surface area contributed by atoms with Crippen LogP contribution in [0.2, 0.25) is 0 Å². The monoisotopic (exact) mass is 278 g/mol. The van der Waals surface area contributed by atoms with Crippen LogP contribution < -0.4 is 0 Å². The van der Waals surface area contributed by atoms with E-state index in [1.54, 1.807) is 0 Å². The van der Waals surface area contributed by atoms with Crippen LogP contribution in [-0.2, 0) is 9.59 Å². The second kappa shape index (κ2) is 6.36. The van der Waals surface area contributed by atoms with Gasteiger partial charge in [-0.2, -0.15) is 0 Å². The van der Waals surface area contributed by atoms with Gasteiger partial charge in [0.2, 0.25) is 0 Å². The van der Waals surface area contributed by atoms with Gasteiger partial charge in [-0.15, -0.1) is 12.4 Å². The van der Waals surface area contributed by atoms with Crippen LogP contribution in [0.4, 0.5) is 0 Å². The smallest absolute Gasteiger partial charge is 0.394 e. The third-order valence-electron chi connectivity index (χ3n) is 3.70. The maximum Gasteiger partial charge on any atom is 0.394 e. The molecule has 104 valence electrons. The number of carboxylic acids is 1. The van der Waals surface area contributed by atoms with E-state index in [9.17, 15) is 14.7 Å². The lowest BCUT2D eigenvalue weighted by Gasteiger charge is -2.38. The number of halogens is 1. The van der Waals surface area contributed by atoms with Crippen LogP contribution in [0.1, 0.15) is 19.3 Å². The first-order valence-corrected chi connectivity index (χ1v) is 6.04. The van der Waals surface area contributed by atoms with Gasteiger partial charge in [0.05, 0.1) is 6.10 Å². The number of aliphatic hydroxyl groups is 1. The van der Waals surface area contributed by atoms with Gasteiger partial charge in [-0.05, 0) is 19.3 Å². The molecule has 0 radical (unpaired) electrons. The summed E-state index contributed by atoms with van der Waals surface area (Å²) in [6.07, 6.45) is 2.62. The minimum atomic E-state index is -1.39. The van der Waals surface area contributed by atoms with Gasteiger partial charge in [0.15, 0.2) is 0 Å². The molecule has 6 nitrogen and oxygen atoms in total. The molecule has 1 heterocycles. The fourth-order valence-corrected chi connectivity index (χ4v) is 2.74. The maximum atomic E-state index is 11.2. The number of aliphatic carboxylic acids is 1. The Hall–Kier alpha value is -0.850. The summed E-state index contributed by atoms with van der Waals surface area (Å²) in [6.45, 7) is 2.18. The van der Waals surface area contributed by atoms with Crippen molar-refractivity contribution in [1.82, 2.24) is 9.80 Å². The lowest BCUT2D eigenvalue weighted by atomic mass is 10.1. The number of carbonyl (C=O) groups is 2. The summed E-state index contributed by atoms with van der Waals surface area (Å²) in [5.74, 6) is -2.21. The highest BCUT2D eigenvalue weighted by atomic mass is 35.5. The summed E-state index contributed by atoms with van der Waals surface area (Å²) in [5, 5.41) is 18.4. The van der Waals surface area contributed by atoms with Crippen molar-refractivity contribution in [1.29, 1.82) is 0 Å². The summed E-state index contributed by atoms with van der Waals surface area (Å²) in [5.41, 5.74) is 0. The Kier molecular flexibility index (Phi) is 5.37. The summed E-state index contributed by atoms with van der Waals surface area (Å²) in [7, 11) is 0. The van der Waals surface area contributed by atoms with Gasteiger partial charge in [-0.1, -0.05) is 0 Å². The quantitative estimate of drug-likeness (QED) is 0.635. The second-order valence-electron chi connectivity index (χ2n) is 4.70. The van der Waals surface area contributed by atoms with Gasteiger partial charge in [0.25, 0.3) is 0 Å². The third-order valence-corrected chi connectivity index (χ3v) is 3.70. The number of aliphatic hydroxyl groups excluding tert-OH is 1. The van der Waals surface area contributed by atoms with E-state index < -0.39 is 11.9 Å². The highest BCUT2D eigenvalue weighted by Crippen LogP contribution is 2.24. The summed E-state index contributed by atoms with van der Waals surface area (Å²) in [6, 6.07) is 0.192. The van der Waals surface area contributed by atoms with E-state index in [1.165, 1.54) is 4.90 Å². The van der Waals surface area contributed by atoms with Crippen LogP contribution in [0.5, 0.6) is 0 Å². The zero-order chi connectivity index (χ0) is 12.4. The lowest BCUT2D eigenvalue weighted by Crippen LogP contribution is -2.54. The van der Waals surface area contributed by atoms with E-state index >= 15 is 0 Å². The second-order valence-corrected chi connectivity index (χ2v) is 4.70. The van der Waals surface area contributed by atoms with Crippen molar-refractivity contribution in [2.45, 2.75) is 31.4 Å². The molecule has 18 heavy (non-hydrogen) atoms. The molecule has 0 bridgehead atoms. The van der Waals surface area contributed by atoms with Gasteiger partial charge in [-0.25, -0.2) is 4.79 Å². The molecule has 1 saturated heterocycles. The Bertz CT molecular complexity index is 318. The van der Waals surface area contributed by atoms with E-state index in [0.717, 1.165) is 19.3 Å². The molecular formula is C11H19ClN2O4. The van der Waals surface area contributed by atoms with Crippen molar-refractivity contribution >= 4 is 24.3 Å². The third kappa shape index (κ3) is 3.13. The molecule has 2 unspecified atom stereocenters. The highest BCUT2D eigenvalue weighted by molar-refractivity contribution is 6.31. The van der Waals surface area contributed by atoms with Crippen LogP contribution >= 0.6 is 12.4 Å². The number of rotatable bonds is 1. The predicted molar refractivity (Wildman–Crippen MR) is 66.7 cm³/mol. The first-order valence-electron chi connectivity index (χ1n) is 6.04. The molecule has 7 heteroatoms. The van der Waals surface area contributed by atoms with Crippen LogP contribution in [0.25, 0.3) is 0 Å². The largest absolute Gasteiger partial charge is 0.474 e. The minimum absolute atomic E-state index is 0. The van der Waals surface area contributed by atoms with Gasteiger partial charge < -0.3 is 15.1 Å². The normalized spacial score (nSPS) is 28.8. The fourth-order valence-electron chi connectivity index (χ4n) is 2.74. The number of piperazine rings is 1. The number of amides is 1. The van der Waals surface area contributed by atoms with Crippen molar-refractivity contribution in [3.63, 3.8) is 0 Å². The SMILES string of the molecule is Cl.O=C(O)C(=O)N1CCN(C2CCCC2O)CC1. The molecule has 1 aliphatic heterocycles. The van der Waals surface area contributed by atoms with Gasteiger partial charge in [0.1, 0.15) is 0 Å². The number of carboxylic acid groups (broad SMARTS) is 1. The van der Waals surface area contributed by atoms with Gasteiger partial charge in [-0.3, -0.25) is 9.69 Å². The number of hydrogen-bond acceptors (Lipinski definition) is 4. The molecule has 2 rings (SSSR count). The molecule has 0 aromatic carbocycles. The predicted octanol–water partition coefficient (Wildman–Crippen LogP) is -0.450. The average molecular weight is 279 g/mol. The molecule has 2 fully saturated rings. The van der Waals surface area contributed by atoms with Crippen molar-refractivity contribution < 1.29 is 19.8 Å². The Balaban J connectivity index is 0.00000162. The highest BCUT2D eigenvalue weighted by Gasteiger charge is 2.34. The molecule has 1 amide bonds. The van der Waals surface area contributed by atoms with Gasteiger partial charge >= 0.3 is 11.9 Å². The van der Waals surface area contributed by atoms with Crippen LogP contribution in [0.3, 0.4) is 0 Å². The lowest BCUT2D eigenvalue weighted by molar-refractivity contribution is -0.157. The van der Waals surface area contributed by atoms with Gasteiger partial charge in [0, 0.05) is 32.2 Å². The number of nitrogens with zero attached hydrogens (tertiary/aromatic N) is 2. The molecule has 1 saturated carbocycles. The van der Waals surface area contributed by atoms with Crippen molar-refractivity contribution in [3.8, 4) is 0 Å². The minimum Gasteiger partial charge on any atom is -0.474 e. The Morgan fingerprint density at radius 2 is 1.67 bits per heavy atom. The average Bonchev–Trinajstić information content (AvgIpc) is 2.74. The molecule has 2 aliphatic rings. The topological polar surface area (TPSA) is 81.1 Å². The van der Waals surface area contributed by atoms with E-state index in [4.69, 9.17) is 5.11 Å². The number of hydrogen-bond donors (Lipinski definition) is 2. The molecule has 0 aromatic rings. The van der Waals surface area contributed by atoms with Crippen molar-refractivity contribution in [2.24, 2.45) is 0 Å². The maximum absolute atomic E-state index is 11.2. The van der Waals surface area contributed by atoms with Crippen molar-refractivity contribution in [2.75, 3.05) is 26.2 Å². The molecule has 0 aromatic heterocycles. The fraction of sp³-hybridized carbons (Fsp3) is 0.818. The van der Waals surface area contributed by atoms with Crippen LogP contribution in [0, 0.1) is 0 Å². The summed E-state index contributed by atoms with van der Waals surface area (Å²) >= 11 is 0. The van der Waals surface area contributed by atoms with Crippen molar-refractivity contribution in [3.05, 3.63) is 0 Å². The summed E-state index contributed by atoms with van der Waals surface area (Å²) < 4.78 is 0. The molecule has 1 aliphatic carbocycles. The molecule has 2 atom stereocenters. The first-order chi connectivity index (χ1) is 8.09.